The Labute approximate surface area is 252 Å². The van der Waals surface area contributed by atoms with Crippen LogP contribution in [0.1, 0.15) is 0 Å². The highest BCUT2D eigenvalue weighted by Crippen LogP contribution is 2.42. The molecule has 9 rings (SSSR count). The molecule has 0 saturated heterocycles. The summed E-state index contributed by atoms with van der Waals surface area (Å²) in [5.74, 6) is 0. The molecule has 44 heavy (non-hydrogen) atoms. The molecule has 0 aliphatic rings. The van der Waals surface area contributed by atoms with E-state index in [0.717, 1.165) is 88.6 Å². The molecule has 0 fully saturated rings. The molecule has 9 aromatic rings. The second-order valence-electron chi connectivity index (χ2n) is 11.0. The van der Waals surface area contributed by atoms with Crippen molar-refractivity contribution < 1.29 is 8.83 Å². The van der Waals surface area contributed by atoms with Gasteiger partial charge in [0.25, 0.3) is 0 Å². The Morgan fingerprint density at radius 3 is 1.23 bits per heavy atom. The SMILES string of the molecule is c1ccc(-c2cccc3c2oc2c(-c4cccc(-c5ccnc6c5oc5c(-c7ccccc7)cccc56)c4)ccnc23)cc1. The van der Waals surface area contributed by atoms with Gasteiger partial charge in [-0.2, -0.15) is 0 Å². The standard InChI is InChI=1S/C40H24N2O2/c1-3-10-25(11-4-1)29-16-8-18-33-35-39(43-37(29)33)31(20-22-41-35)27-14-7-15-28(24-27)32-21-23-42-36-34-19-9-17-30(38(34)44-40(32)36)26-12-5-2-6-13-26/h1-24H. The van der Waals surface area contributed by atoms with Crippen LogP contribution in [0.2, 0.25) is 0 Å². The summed E-state index contributed by atoms with van der Waals surface area (Å²) in [5, 5.41) is 2.01. The number of aromatic nitrogens is 2. The Morgan fingerprint density at radius 2 is 0.750 bits per heavy atom. The van der Waals surface area contributed by atoms with E-state index in [9.17, 15) is 0 Å². The summed E-state index contributed by atoms with van der Waals surface area (Å²) in [6.07, 6.45) is 3.73. The molecule has 0 unspecified atom stereocenters. The number of hydrogen-bond acceptors (Lipinski definition) is 4. The number of fused-ring (bicyclic) bond motifs is 6. The molecule has 4 heterocycles. The van der Waals surface area contributed by atoms with Crippen molar-refractivity contribution in [3.63, 3.8) is 0 Å². The van der Waals surface area contributed by atoms with Crippen LogP contribution in [0.4, 0.5) is 0 Å². The minimum atomic E-state index is 0.777. The highest BCUT2D eigenvalue weighted by molar-refractivity contribution is 6.12. The lowest BCUT2D eigenvalue weighted by Crippen LogP contribution is -1.85. The van der Waals surface area contributed by atoms with Gasteiger partial charge in [0.15, 0.2) is 11.2 Å². The number of rotatable bonds is 4. The van der Waals surface area contributed by atoms with Gasteiger partial charge < -0.3 is 8.83 Å². The van der Waals surface area contributed by atoms with Crippen molar-refractivity contribution >= 4 is 44.1 Å². The molecule has 0 aliphatic heterocycles. The zero-order valence-electron chi connectivity index (χ0n) is 23.6. The fourth-order valence-corrected chi connectivity index (χ4v) is 6.36. The molecule has 0 radical (unpaired) electrons. The van der Waals surface area contributed by atoms with Crippen LogP contribution in [0.3, 0.4) is 0 Å². The van der Waals surface area contributed by atoms with E-state index in [2.05, 4.69) is 84.9 Å². The van der Waals surface area contributed by atoms with Crippen LogP contribution in [0.15, 0.2) is 155 Å². The summed E-state index contributed by atoms with van der Waals surface area (Å²) < 4.78 is 13.3. The normalized spacial score (nSPS) is 11.6. The molecule has 0 aliphatic carbocycles. The van der Waals surface area contributed by atoms with Crippen LogP contribution in [0.25, 0.3) is 88.6 Å². The summed E-state index contributed by atoms with van der Waals surface area (Å²) in [6.45, 7) is 0. The summed E-state index contributed by atoms with van der Waals surface area (Å²) in [6, 6.07) is 45.8. The van der Waals surface area contributed by atoms with Gasteiger partial charge in [-0.3, -0.25) is 9.97 Å². The lowest BCUT2D eigenvalue weighted by molar-refractivity contribution is 0.670. The lowest BCUT2D eigenvalue weighted by Gasteiger charge is -2.07. The molecule has 0 amide bonds. The van der Waals surface area contributed by atoms with E-state index in [1.807, 2.05) is 60.9 Å². The highest BCUT2D eigenvalue weighted by atomic mass is 16.3. The van der Waals surface area contributed by atoms with Crippen LogP contribution < -0.4 is 0 Å². The van der Waals surface area contributed by atoms with Crippen LogP contribution in [-0.4, -0.2) is 9.97 Å². The zero-order chi connectivity index (χ0) is 29.0. The molecule has 0 bridgehead atoms. The molecule has 0 spiro atoms. The first-order chi connectivity index (χ1) is 21.8. The molecule has 4 heteroatoms. The van der Waals surface area contributed by atoms with Gasteiger partial charge in [-0.1, -0.05) is 103 Å². The van der Waals surface area contributed by atoms with Crippen molar-refractivity contribution in [3.8, 4) is 44.5 Å². The van der Waals surface area contributed by atoms with Gasteiger partial charge in [0.1, 0.15) is 22.2 Å². The average Bonchev–Trinajstić information content (AvgIpc) is 3.68. The van der Waals surface area contributed by atoms with Crippen LogP contribution in [-0.2, 0) is 0 Å². The maximum atomic E-state index is 6.64. The van der Waals surface area contributed by atoms with E-state index < -0.39 is 0 Å². The molecule has 206 valence electrons. The van der Waals surface area contributed by atoms with E-state index in [-0.39, 0.29) is 0 Å². The van der Waals surface area contributed by atoms with Gasteiger partial charge in [0.05, 0.1) is 0 Å². The molecular weight excluding hydrogens is 540 g/mol. The number of nitrogens with zero attached hydrogens (tertiary/aromatic N) is 2. The van der Waals surface area contributed by atoms with Crippen LogP contribution in [0, 0.1) is 0 Å². The van der Waals surface area contributed by atoms with Crippen molar-refractivity contribution in [3.05, 3.63) is 146 Å². The second kappa shape index (κ2) is 9.79. The minimum Gasteiger partial charge on any atom is -0.453 e. The number of para-hydroxylation sites is 2. The summed E-state index contributed by atoms with van der Waals surface area (Å²) in [4.78, 5) is 9.50. The average molecular weight is 565 g/mol. The van der Waals surface area contributed by atoms with Crippen molar-refractivity contribution in [2.45, 2.75) is 0 Å². The van der Waals surface area contributed by atoms with Crippen LogP contribution in [0.5, 0.6) is 0 Å². The predicted octanol–water partition coefficient (Wildman–Crippen LogP) is 10.9. The number of pyridine rings is 2. The maximum Gasteiger partial charge on any atom is 0.161 e. The van der Waals surface area contributed by atoms with Gasteiger partial charge in [-0.25, -0.2) is 0 Å². The largest absolute Gasteiger partial charge is 0.453 e. The monoisotopic (exact) mass is 564 g/mol. The van der Waals surface area contributed by atoms with E-state index in [1.54, 1.807) is 0 Å². The first-order valence-electron chi connectivity index (χ1n) is 14.7. The zero-order valence-corrected chi connectivity index (χ0v) is 23.6. The summed E-state index contributed by atoms with van der Waals surface area (Å²) in [5.41, 5.74) is 13.4. The molecular formula is C40H24N2O2. The minimum absolute atomic E-state index is 0.777. The van der Waals surface area contributed by atoms with E-state index in [1.165, 1.54) is 0 Å². The van der Waals surface area contributed by atoms with Crippen LogP contribution >= 0.6 is 0 Å². The maximum absolute atomic E-state index is 6.64. The topological polar surface area (TPSA) is 52.1 Å². The van der Waals surface area contributed by atoms with Gasteiger partial charge in [-0.15, -0.1) is 0 Å². The second-order valence-corrected chi connectivity index (χ2v) is 11.0. The molecule has 0 N–H and O–H groups in total. The Bertz CT molecular complexity index is 2320. The number of hydrogen-bond donors (Lipinski definition) is 0. The number of furan rings is 2. The molecule has 4 aromatic heterocycles. The quantitative estimate of drug-likeness (QED) is 0.213. The predicted molar refractivity (Wildman–Crippen MR) is 178 cm³/mol. The van der Waals surface area contributed by atoms with Gasteiger partial charge in [0.2, 0.25) is 0 Å². The third-order valence-corrected chi connectivity index (χ3v) is 8.41. The fourth-order valence-electron chi connectivity index (χ4n) is 6.36. The van der Waals surface area contributed by atoms with Gasteiger partial charge in [0, 0.05) is 45.4 Å². The van der Waals surface area contributed by atoms with E-state index in [4.69, 9.17) is 18.8 Å². The van der Waals surface area contributed by atoms with E-state index in [0.29, 0.717) is 0 Å². The van der Waals surface area contributed by atoms with E-state index >= 15 is 0 Å². The molecule has 0 atom stereocenters. The fraction of sp³-hybridized carbons (Fsp3) is 0. The Kier molecular flexibility index (Phi) is 5.47. The summed E-state index contributed by atoms with van der Waals surface area (Å²) in [7, 11) is 0. The lowest BCUT2D eigenvalue weighted by atomic mass is 9.98. The van der Waals surface area contributed by atoms with Gasteiger partial charge in [-0.05, 0) is 52.6 Å². The molecule has 5 aromatic carbocycles. The van der Waals surface area contributed by atoms with Gasteiger partial charge >= 0.3 is 0 Å². The highest BCUT2D eigenvalue weighted by Gasteiger charge is 2.19. The van der Waals surface area contributed by atoms with Crippen molar-refractivity contribution in [2.24, 2.45) is 0 Å². The third-order valence-electron chi connectivity index (χ3n) is 8.41. The first-order valence-corrected chi connectivity index (χ1v) is 14.7. The Hall–Kier alpha value is -6.00. The van der Waals surface area contributed by atoms with Crippen molar-refractivity contribution in [1.82, 2.24) is 9.97 Å². The molecule has 4 nitrogen and oxygen atoms in total. The smallest absolute Gasteiger partial charge is 0.161 e. The third kappa shape index (κ3) is 3.78. The van der Waals surface area contributed by atoms with Crippen molar-refractivity contribution in [2.75, 3.05) is 0 Å². The van der Waals surface area contributed by atoms with Crippen molar-refractivity contribution in [1.29, 1.82) is 0 Å². The molecule has 0 saturated carbocycles. The first kappa shape index (κ1) is 24.6. The Balaban J connectivity index is 1.21. The Morgan fingerprint density at radius 1 is 0.341 bits per heavy atom. The summed E-state index contributed by atoms with van der Waals surface area (Å²) >= 11 is 0. The number of benzene rings is 5.